The highest BCUT2D eigenvalue weighted by molar-refractivity contribution is 6.36. The van der Waals surface area contributed by atoms with Crippen LogP contribution in [0.25, 0.3) is 22.0 Å². The maximum Gasteiger partial charge on any atom is 0.163 e. The number of rotatable bonds is 6. The molecule has 1 saturated heterocycles. The number of ketones is 1. The minimum absolute atomic E-state index is 0.0112. The van der Waals surface area contributed by atoms with E-state index in [9.17, 15) is 4.79 Å². The van der Waals surface area contributed by atoms with E-state index in [0.29, 0.717) is 21.7 Å². The second-order valence-corrected chi connectivity index (χ2v) is 9.47. The van der Waals surface area contributed by atoms with Gasteiger partial charge in [0.1, 0.15) is 0 Å². The molecule has 1 fully saturated rings. The van der Waals surface area contributed by atoms with Crippen LogP contribution in [-0.2, 0) is 0 Å². The van der Waals surface area contributed by atoms with Crippen LogP contribution in [0.5, 0.6) is 0 Å². The topological polar surface area (TPSA) is 45.2 Å². The Labute approximate surface area is 199 Å². The van der Waals surface area contributed by atoms with Gasteiger partial charge in [0.2, 0.25) is 0 Å². The van der Waals surface area contributed by atoms with Gasteiger partial charge < -0.3 is 10.2 Å². The van der Waals surface area contributed by atoms with E-state index in [1.54, 1.807) is 13.1 Å². The highest BCUT2D eigenvalue weighted by Crippen LogP contribution is 2.35. The molecule has 6 heteroatoms. The van der Waals surface area contributed by atoms with Crippen molar-refractivity contribution in [2.45, 2.75) is 46.1 Å². The standard InChI is InChI=1S/C26H29Cl2N3O/c1-4-9-31-10-7-20(8-11-31)30-26-21-12-18(19-13-23(27)16(2)24(28)14-19)5-6-25(21)29-15-22(26)17(3)32/h5-6,12-15,20H,4,7-11H2,1-3H3,(H,29,30). The van der Waals surface area contributed by atoms with Gasteiger partial charge in [0, 0.05) is 40.8 Å². The summed E-state index contributed by atoms with van der Waals surface area (Å²) in [5.41, 5.74) is 5.17. The zero-order chi connectivity index (χ0) is 22.8. The Morgan fingerprint density at radius 3 is 2.44 bits per heavy atom. The molecule has 0 saturated carbocycles. The molecule has 0 aliphatic carbocycles. The van der Waals surface area contributed by atoms with Gasteiger partial charge in [-0.25, -0.2) is 0 Å². The lowest BCUT2D eigenvalue weighted by Crippen LogP contribution is -2.39. The lowest BCUT2D eigenvalue weighted by molar-refractivity contribution is 0.101. The number of halogens is 2. The van der Waals surface area contributed by atoms with E-state index in [0.717, 1.165) is 65.8 Å². The summed E-state index contributed by atoms with van der Waals surface area (Å²) in [6.07, 6.45) is 4.99. The second kappa shape index (κ2) is 9.78. The predicted octanol–water partition coefficient (Wildman–Crippen LogP) is 7.01. The summed E-state index contributed by atoms with van der Waals surface area (Å²) in [6, 6.07) is 10.3. The molecule has 1 aromatic heterocycles. The summed E-state index contributed by atoms with van der Waals surface area (Å²) in [7, 11) is 0. The molecule has 0 amide bonds. The molecular weight excluding hydrogens is 441 g/mol. The summed E-state index contributed by atoms with van der Waals surface area (Å²) in [4.78, 5) is 19.5. The summed E-state index contributed by atoms with van der Waals surface area (Å²) >= 11 is 12.8. The number of hydrogen-bond acceptors (Lipinski definition) is 4. The molecule has 3 aromatic rings. The van der Waals surface area contributed by atoms with Gasteiger partial charge in [-0.05, 0) is 80.6 Å². The van der Waals surface area contributed by atoms with Crippen molar-refractivity contribution in [3.63, 3.8) is 0 Å². The minimum atomic E-state index is 0.0112. The zero-order valence-electron chi connectivity index (χ0n) is 18.8. The van der Waals surface area contributed by atoms with Gasteiger partial charge in [0.05, 0.1) is 16.8 Å². The number of benzene rings is 2. The van der Waals surface area contributed by atoms with Crippen LogP contribution in [0.4, 0.5) is 5.69 Å². The molecule has 1 aliphatic heterocycles. The second-order valence-electron chi connectivity index (χ2n) is 8.66. The third-order valence-electron chi connectivity index (χ3n) is 6.34. The number of nitrogens with zero attached hydrogens (tertiary/aromatic N) is 2. The number of carbonyl (C=O) groups is 1. The molecule has 0 bridgehead atoms. The van der Waals surface area contributed by atoms with E-state index in [-0.39, 0.29) is 5.78 Å². The first kappa shape index (κ1) is 23.0. The number of fused-ring (bicyclic) bond motifs is 1. The summed E-state index contributed by atoms with van der Waals surface area (Å²) in [5, 5.41) is 5.93. The molecule has 2 aromatic carbocycles. The van der Waals surface area contributed by atoms with E-state index in [1.807, 2.05) is 31.2 Å². The molecule has 0 atom stereocenters. The van der Waals surface area contributed by atoms with Gasteiger partial charge in [0.25, 0.3) is 0 Å². The molecule has 0 radical (unpaired) electrons. The Bertz CT molecular complexity index is 1130. The van der Waals surface area contributed by atoms with Crippen molar-refractivity contribution in [3.8, 4) is 11.1 Å². The van der Waals surface area contributed by atoms with Crippen LogP contribution in [-0.4, -0.2) is 41.3 Å². The number of pyridine rings is 1. The molecule has 4 nitrogen and oxygen atoms in total. The number of piperidine rings is 1. The molecular formula is C26H29Cl2N3O. The minimum Gasteiger partial charge on any atom is -0.381 e. The van der Waals surface area contributed by atoms with Crippen molar-refractivity contribution >= 4 is 45.6 Å². The number of aromatic nitrogens is 1. The van der Waals surface area contributed by atoms with Gasteiger partial charge in [-0.2, -0.15) is 0 Å². The molecule has 1 N–H and O–H groups in total. The third-order valence-corrected chi connectivity index (χ3v) is 7.12. The smallest absolute Gasteiger partial charge is 0.163 e. The highest BCUT2D eigenvalue weighted by atomic mass is 35.5. The summed E-state index contributed by atoms with van der Waals surface area (Å²) in [5.74, 6) is 0.0112. The molecule has 2 heterocycles. The Morgan fingerprint density at radius 2 is 1.81 bits per heavy atom. The lowest BCUT2D eigenvalue weighted by atomic mass is 9.98. The molecule has 4 rings (SSSR count). The first-order valence-corrected chi connectivity index (χ1v) is 12.0. The quantitative estimate of drug-likeness (QED) is 0.394. The van der Waals surface area contributed by atoms with Gasteiger partial charge >= 0.3 is 0 Å². The van der Waals surface area contributed by atoms with Crippen LogP contribution >= 0.6 is 23.2 Å². The summed E-state index contributed by atoms with van der Waals surface area (Å²) in [6.45, 7) is 9.03. The van der Waals surface area contributed by atoms with Gasteiger partial charge in [-0.1, -0.05) is 36.2 Å². The zero-order valence-corrected chi connectivity index (χ0v) is 20.4. The number of likely N-dealkylation sites (tertiary alicyclic amines) is 1. The van der Waals surface area contributed by atoms with E-state index in [1.165, 1.54) is 6.42 Å². The molecule has 168 valence electrons. The van der Waals surface area contributed by atoms with Crippen LogP contribution < -0.4 is 5.32 Å². The largest absolute Gasteiger partial charge is 0.381 e. The fraction of sp³-hybridized carbons (Fsp3) is 0.385. The fourth-order valence-corrected chi connectivity index (χ4v) is 4.91. The predicted molar refractivity (Wildman–Crippen MR) is 135 cm³/mol. The fourth-order valence-electron chi connectivity index (χ4n) is 4.43. The molecule has 0 spiro atoms. The van der Waals surface area contributed by atoms with Crippen LogP contribution in [0, 0.1) is 6.92 Å². The highest BCUT2D eigenvalue weighted by Gasteiger charge is 2.22. The Morgan fingerprint density at radius 1 is 1.12 bits per heavy atom. The average Bonchev–Trinajstić information content (AvgIpc) is 2.78. The lowest BCUT2D eigenvalue weighted by Gasteiger charge is -2.33. The maximum atomic E-state index is 12.4. The van der Waals surface area contributed by atoms with Crippen molar-refractivity contribution in [1.29, 1.82) is 0 Å². The summed E-state index contributed by atoms with van der Waals surface area (Å²) < 4.78 is 0. The van der Waals surface area contributed by atoms with Crippen molar-refractivity contribution in [2.24, 2.45) is 0 Å². The average molecular weight is 470 g/mol. The van der Waals surface area contributed by atoms with E-state index in [4.69, 9.17) is 23.2 Å². The number of hydrogen-bond donors (Lipinski definition) is 1. The number of carbonyl (C=O) groups excluding carboxylic acids is 1. The normalized spacial score (nSPS) is 15.3. The molecule has 32 heavy (non-hydrogen) atoms. The monoisotopic (exact) mass is 469 g/mol. The SMILES string of the molecule is CCCN1CCC(Nc2c(C(C)=O)cnc3ccc(-c4cc(Cl)c(C)c(Cl)c4)cc23)CC1. The number of anilines is 1. The Kier molecular flexibility index (Phi) is 7.04. The molecule has 0 unspecified atom stereocenters. The van der Waals surface area contributed by atoms with Crippen molar-refractivity contribution in [3.05, 3.63) is 57.7 Å². The first-order chi connectivity index (χ1) is 15.4. The number of Topliss-reactive ketones (excluding diaryl/α,β-unsaturated/α-hetero) is 1. The maximum absolute atomic E-state index is 12.4. The first-order valence-electron chi connectivity index (χ1n) is 11.3. The van der Waals surface area contributed by atoms with Crippen LogP contribution in [0.15, 0.2) is 36.5 Å². The molecule has 1 aliphatic rings. The van der Waals surface area contributed by atoms with Gasteiger partial charge in [-0.15, -0.1) is 0 Å². The third kappa shape index (κ3) is 4.78. The van der Waals surface area contributed by atoms with Crippen molar-refractivity contribution < 1.29 is 4.79 Å². The van der Waals surface area contributed by atoms with Gasteiger partial charge in [0.15, 0.2) is 5.78 Å². The Hall–Kier alpha value is -2.14. The van der Waals surface area contributed by atoms with Crippen molar-refractivity contribution in [1.82, 2.24) is 9.88 Å². The number of nitrogens with one attached hydrogen (secondary N) is 1. The Balaban J connectivity index is 1.74. The van der Waals surface area contributed by atoms with E-state index < -0.39 is 0 Å². The van der Waals surface area contributed by atoms with Crippen molar-refractivity contribution in [2.75, 3.05) is 25.0 Å². The van der Waals surface area contributed by atoms with E-state index >= 15 is 0 Å². The van der Waals surface area contributed by atoms with E-state index in [2.05, 4.69) is 28.2 Å². The van der Waals surface area contributed by atoms with Crippen LogP contribution in [0.3, 0.4) is 0 Å². The van der Waals surface area contributed by atoms with Gasteiger partial charge in [-0.3, -0.25) is 9.78 Å². The van der Waals surface area contributed by atoms with Crippen LogP contribution in [0.1, 0.15) is 49.0 Å². The van der Waals surface area contributed by atoms with Crippen LogP contribution in [0.2, 0.25) is 10.0 Å².